The third-order valence-corrected chi connectivity index (χ3v) is 2.55. The van der Waals surface area contributed by atoms with Crippen LogP contribution in [0.2, 0.25) is 0 Å². The molecule has 88 valence electrons. The Bertz CT molecular complexity index is 587. The minimum atomic E-state index is -0.458. The van der Waals surface area contributed by atoms with E-state index in [4.69, 9.17) is 4.74 Å². The number of aryl methyl sites for hydroxylation is 1. The van der Waals surface area contributed by atoms with Crippen LogP contribution in [0.3, 0.4) is 0 Å². The van der Waals surface area contributed by atoms with Crippen molar-refractivity contribution in [3.05, 3.63) is 42.0 Å². The number of rotatable bonds is 3. The molecule has 0 radical (unpaired) electrons. The Hall–Kier alpha value is -2.17. The Labute approximate surface area is 98.7 Å². The number of carbonyl (C=O) groups excluding carboxylic acids is 1. The van der Waals surface area contributed by atoms with Crippen molar-refractivity contribution in [2.45, 2.75) is 13.3 Å². The minimum absolute atomic E-state index is 0.285. The third-order valence-electron chi connectivity index (χ3n) is 2.55. The Kier molecular flexibility index (Phi) is 2.91. The first-order chi connectivity index (χ1) is 8.19. The molecule has 0 atom stereocenters. The number of methoxy groups -OCH3 is 1. The predicted octanol–water partition coefficient (Wildman–Crippen LogP) is 1.55. The number of hydrogen-bond acceptors (Lipinski definition) is 4. The molecule has 0 bridgehead atoms. The summed E-state index contributed by atoms with van der Waals surface area (Å²) in [6.07, 6.45) is 3.79. The molecule has 5 nitrogen and oxygen atoms in total. The van der Waals surface area contributed by atoms with Gasteiger partial charge >= 0.3 is 5.97 Å². The average Bonchev–Trinajstić information content (AvgIpc) is 2.66. The summed E-state index contributed by atoms with van der Waals surface area (Å²) in [6, 6.07) is 1.97. The number of esters is 1. The van der Waals surface area contributed by atoms with E-state index in [1.54, 1.807) is 10.6 Å². The van der Waals surface area contributed by atoms with Gasteiger partial charge in [-0.2, -0.15) is 5.10 Å². The number of fused-ring (bicyclic) bond motifs is 1. The molecule has 0 aliphatic heterocycles. The van der Waals surface area contributed by atoms with Gasteiger partial charge in [0, 0.05) is 5.69 Å². The van der Waals surface area contributed by atoms with Gasteiger partial charge in [-0.05, 0) is 25.0 Å². The van der Waals surface area contributed by atoms with Crippen LogP contribution in [0.25, 0.3) is 5.52 Å². The van der Waals surface area contributed by atoms with Crippen molar-refractivity contribution in [2.24, 2.45) is 0 Å². The Balaban J connectivity index is 2.75. The SMILES string of the molecule is C=CCc1cc(C)n2ncnc(C(=O)OC)c12. The van der Waals surface area contributed by atoms with E-state index in [9.17, 15) is 4.79 Å². The van der Waals surface area contributed by atoms with E-state index < -0.39 is 5.97 Å². The van der Waals surface area contributed by atoms with Gasteiger partial charge in [-0.15, -0.1) is 6.58 Å². The lowest BCUT2D eigenvalue weighted by atomic mass is 10.1. The lowest BCUT2D eigenvalue weighted by Gasteiger charge is -2.03. The fourth-order valence-corrected chi connectivity index (χ4v) is 1.85. The van der Waals surface area contributed by atoms with E-state index in [1.165, 1.54) is 13.4 Å². The summed E-state index contributed by atoms with van der Waals surface area (Å²) >= 11 is 0. The van der Waals surface area contributed by atoms with E-state index in [-0.39, 0.29) is 5.69 Å². The monoisotopic (exact) mass is 231 g/mol. The van der Waals surface area contributed by atoms with Crippen LogP contribution < -0.4 is 0 Å². The number of hydrogen-bond donors (Lipinski definition) is 0. The van der Waals surface area contributed by atoms with Gasteiger partial charge in [0.2, 0.25) is 0 Å². The maximum Gasteiger partial charge on any atom is 0.358 e. The molecule has 2 rings (SSSR count). The molecule has 17 heavy (non-hydrogen) atoms. The second kappa shape index (κ2) is 4.37. The topological polar surface area (TPSA) is 56.5 Å². The van der Waals surface area contributed by atoms with Crippen LogP contribution >= 0.6 is 0 Å². The summed E-state index contributed by atoms with van der Waals surface area (Å²) < 4.78 is 6.41. The summed E-state index contributed by atoms with van der Waals surface area (Å²) in [5, 5.41) is 4.12. The van der Waals surface area contributed by atoms with E-state index in [1.807, 2.05) is 13.0 Å². The predicted molar refractivity (Wildman–Crippen MR) is 63.0 cm³/mol. The first-order valence-corrected chi connectivity index (χ1v) is 5.20. The van der Waals surface area contributed by atoms with Crippen molar-refractivity contribution < 1.29 is 9.53 Å². The van der Waals surface area contributed by atoms with Gasteiger partial charge in [-0.1, -0.05) is 6.08 Å². The highest BCUT2D eigenvalue weighted by Crippen LogP contribution is 2.19. The molecular weight excluding hydrogens is 218 g/mol. The highest BCUT2D eigenvalue weighted by Gasteiger charge is 2.17. The number of ether oxygens (including phenoxy) is 1. The van der Waals surface area contributed by atoms with Crippen molar-refractivity contribution in [3.8, 4) is 0 Å². The maximum atomic E-state index is 11.6. The molecule has 0 aliphatic rings. The molecule has 0 N–H and O–H groups in total. The first-order valence-electron chi connectivity index (χ1n) is 5.20. The molecule has 0 spiro atoms. The lowest BCUT2D eigenvalue weighted by Crippen LogP contribution is -2.09. The normalized spacial score (nSPS) is 10.5. The van der Waals surface area contributed by atoms with Crippen LogP contribution in [-0.2, 0) is 11.2 Å². The largest absolute Gasteiger partial charge is 0.464 e. The quantitative estimate of drug-likeness (QED) is 0.594. The van der Waals surface area contributed by atoms with E-state index >= 15 is 0 Å². The highest BCUT2D eigenvalue weighted by molar-refractivity contribution is 5.95. The molecule has 0 saturated heterocycles. The Morgan fingerprint density at radius 3 is 3.06 bits per heavy atom. The van der Waals surface area contributed by atoms with Crippen molar-refractivity contribution in [2.75, 3.05) is 7.11 Å². The van der Waals surface area contributed by atoms with Crippen LogP contribution in [0.15, 0.2) is 25.0 Å². The molecule has 2 heterocycles. The van der Waals surface area contributed by atoms with Gasteiger partial charge in [0.1, 0.15) is 11.8 Å². The summed E-state index contributed by atoms with van der Waals surface area (Å²) in [6.45, 7) is 5.62. The molecule has 2 aromatic rings. The van der Waals surface area contributed by atoms with Gasteiger partial charge in [-0.3, -0.25) is 0 Å². The van der Waals surface area contributed by atoms with Gasteiger partial charge in [-0.25, -0.2) is 14.3 Å². The molecule has 0 amide bonds. The summed E-state index contributed by atoms with van der Waals surface area (Å²) in [4.78, 5) is 15.6. The third kappa shape index (κ3) is 1.80. The number of allylic oxidation sites excluding steroid dienone is 1. The second-order valence-corrected chi connectivity index (χ2v) is 3.66. The number of aromatic nitrogens is 3. The minimum Gasteiger partial charge on any atom is -0.464 e. The van der Waals surface area contributed by atoms with Gasteiger partial charge in [0.15, 0.2) is 5.69 Å². The highest BCUT2D eigenvalue weighted by atomic mass is 16.5. The summed E-state index contributed by atoms with van der Waals surface area (Å²) in [5.74, 6) is -0.458. The molecule has 0 aromatic carbocycles. The van der Waals surface area contributed by atoms with Crippen molar-refractivity contribution in [1.82, 2.24) is 14.6 Å². The van der Waals surface area contributed by atoms with E-state index in [2.05, 4.69) is 16.7 Å². The second-order valence-electron chi connectivity index (χ2n) is 3.66. The van der Waals surface area contributed by atoms with Gasteiger partial charge in [0.25, 0.3) is 0 Å². The first kappa shape index (κ1) is 11.3. The number of nitrogens with zero attached hydrogens (tertiary/aromatic N) is 3. The molecular formula is C12H13N3O2. The molecule has 2 aromatic heterocycles. The van der Waals surface area contributed by atoms with Crippen LogP contribution in [0.5, 0.6) is 0 Å². The van der Waals surface area contributed by atoms with Gasteiger partial charge < -0.3 is 4.74 Å². The maximum absolute atomic E-state index is 11.6. The molecule has 0 saturated carbocycles. The Morgan fingerprint density at radius 1 is 1.65 bits per heavy atom. The Morgan fingerprint density at radius 2 is 2.41 bits per heavy atom. The molecule has 0 aliphatic carbocycles. The smallest absolute Gasteiger partial charge is 0.358 e. The van der Waals surface area contributed by atoms with Crippen LogP contribution in [0, 0.1) is 6.92 Å². The van der Waals surface area contributed by atoms with Crippen LogP contribution in [0.4, 0.5) is 0 Å². The van der Waals surface area contributed by atoms with E-state index in [0.717, 1.165) is 11.3 Å². The standard InChI is InChI=1S/C12H13N3O2/c1-4-5-9-6-8(2)15-11(9)10(12(16)17-3)13-7-14-15/h4,6-7H,1,5H2,2-3H3. The number of carbonyl (C=O) groups is 1. The summed E-state index contributed by atoms with van der Waals surface area (Å²) in [5.41, 5.74) is 2.90. The van der Waals surface area contributed by atoms with Crippen LogP contribution in [0.1, 0.15) is 21.7 Å². The molecule has 0 fully saturated rings. The fraction of sp³-hybridized carbons (Fsp3) is 0.250. The van der Waals surface area contributed by atoms with E-state index in [0.29, 0.717) is 11.9 Å². The van der Waals surface area contributed by atoms with Crippen molar-refractivity contribution in [1.29, 1.82) is 0 Å². The molecule has 0 unspecified atom stereocenters. The van der Waals surface area contributed by atoms with Crippen LogP contribution in [-0.4, -0.2) is 27.7 Å². The van der Waals surface area contributed by atoms with Crippen molar-refractivity contribution >= 4 is 11.5 Å². The zero-order valence-electron chi connectivity index (χ0n) is 9.80. The molecule has 5 heteroatoms. The lowest BCUT2D eigenvalue weighted by molar-refractivity contribution is 0.0595. The zero-order valence-corrected chi connectivity index (χ0v) is 9.80. The van der Waals surface area contributed by atoms with Gasteiger partial charge in [0.05, 0.1) is 7.11 Å². The zero-order chi connectivity index (χ0) is 12.4. The van der Waals surface area contributed by atoms with Crippen molar-refractivity contribution in [3.63, 3.8) is 0 Å². The fourth-order valence-electron chi connectivity index (χ4n) is 1.85. The average molecular weight is 231 g/mol. The summed E-state index contributed by atoms with van der Waals surface area (Å²) in [7, 11) is 1.34.